The summed E-state index contributed by atoms with van der Waals surface area (Å²) in [6.45, 7) is 2.32. The molecule has 0 bridgehead atoms. The summed E-state index contributed by atoms with van der Waals surface area (Å²) in [4.78, 5) is 15.3. The Bertz CT molecular complexity index is 238. The standard InChI is InChI=1S/C9H12BrNO2/c1-11(9(12)2-4-10)6-8-3-5-13-7-8/h8H,3,5-7H2,1H3. The van der Waals surface area contributed by atoms with Crippen LogP contribution in [0.15, 0.2) is 0 Å². The minimum absolute atomic E-state index is 0.149. The Balaban J connectivity index is 2.33. The van der Waals surface area contributed by atoms with E-state index in [-0.39, 0.29) is 5.91 Å². The maximum absolute atomic E-state index is 11.2. The first-order valence-corrected chi connectivity index (χ1v) is 4.98. The van der Waals surface area contributed by atoms with Crippen LogP contribution in [0.25, 0.3) is 0 Å². The fourth-order valence-corrected chi connectivity index (χ4v) is 1.50. The van der Waals surface area contributed by atoms with Gasteiger partial charge in [-0.3, -0.25) is 4.79 Å². The van der Waals surface area contributed by atoms with E-state index >= 15 is 0 Å². The SMILES string of the molecule is CN(CC1CCOC1)C(=O)C#CBr. The third-order valence-electron chi connectivity index (χ3n) is 2.06. The van der Waals surface area contributed by atoms with Crippen LogP contribution < -0.4 is 0 Å². The first-order chi connectivity index (χ1) is 6.24. The molecule has 0 radical (unpaired) electrons. The molecule has 1 saturated heterocycles. The van der Waals surface area contributed by atoms with Crippen molar-refractivity contribution in [3.63, 3.8) is 0 Å². The second kappa shape index (κ2) is 5.25. The van der Waals surface area contributed by atoms with Crippen molar-refractivity contribution >= 4 is 21.8 Å². The number of hydrogen-bond donors (Lipinski definition) is 0. The molecule has 0 saturated carbocycles. The average Bonchev–Trinajstić information content (AvgIpc) is 2.57. The number of hydrogen-bond acceptors (Lipinski definition) is 2. The number of halogens is 1. The topological polar surface area (TPSA) is 29.5 Å². The molecule has 72 valence electrons. The smallest absolute Gasteiger partial charge is 0.299 e. The van der Waals surface area contributed by atoms with Crippen molar-refractivity contribution < 1.29 is 9.53 Å². The average molecular weight is 246 g/mol. The monoisotopic (exact) mass is 245 g/mol. The molecule has 1 heterocycles. The largest absolute Gasteiger partial charge is 0.381 e. The van der Waals surface area contributed by atoms with Crippen molar-refractivity contribution in [2.24, 2.45) is 5.92 Å². The zero-order valence-electron chi connectivity index (χ0n) is 7.55. The van der Waals surface area contributed by atoms with E-state index in [9.17, 15) is 4.79 Å². The zero-order valence-corrected chi connectivity index (χ0v) is 9.13. The van der Waals surface area contributed by atoms with E-state index in [2.05, 4.69) is 26.7 Å². The van der Waals surface area contributed by atoms with Gasteiger partial charge in [0, 0.05) is 48.0 Å². The van der Waals surface area contributed by atoms with Gasteiger partial charge in [0.05, 0.1) is 6.61 Å². The summed E-state index contributed by atoms with van der Waals surface area (Å²) < 4.78 is 5.21. The molecular formula is C9H12BrNO2. The van der Waals surface area contributed by atoms with Crippen molar-refractivity contribution in [2.45, 2.75) is 6.42 Å². The van der Waals surface area contributed by atoms with Gasteiger partial charge >= 0.3 is 0 Å². The molecule has 1 unspecified atom stereocenters. The Morgan fingerprint density at radius 3 is 3.08 bits per heavy atom. The lowest BCUT2D eigenvalue weighted by molar-refractivity contribution is -0.124. The van der Waals surface area contributed by atoms with Crippen molar-refractivity contribution in [3.8, 4) is 10.8 Å². The van der Waals surface area contributed by atoms with Crippen LogP contribution in [-0.4, -0.2) is 37.6 Å². The van der Waals surface area contributed by atoms with E-state index in [0.29, 0.717) is 5.92 Å². The van der Waals surface area contributed by atoms with Crippen molar-refractivity contribution in [1.82, 2.24) is 4.90 Å². The molecule has 13 heavy (non-hydrogen) atoms. The molecule has 1 rings (SSSR count). The summed E-state index contributed by atoms with van der Waals surface area (Å²) in [7, 11) is 1.76. The quantitative estimate of drug-likeness (QED) is 0.675. The number of rotatable bonds is 2. The van der Waals surface area contributed by atoms with Gasteiger partial charge in [-0.1, -0.05) is 0 Å². The number of amides is 1. The van der Waals surface area contributed by atoms with E-state index < -0.39 is 0 Å². The Hall–Kier alpha value is -0.530. The van der Waals surface area contributed by atoms with E-state index in [0.717, 1.165) is 26.2 Å². The van der Waals surface area contributed by atoms with Crippen molar-refractivity contribution in [2.75, 3.05) is 26.8 Å². The van der Waals surface area contributed by atoms with Gasteiger partial charge in [0.15, 0.2) is 0 Å². The summed E-state index contributed by atoms with van der Waals surface area (Å²) in [5.74, 6) is 2.76. The highest BCUT2D eigenvalue weighted by Crippen LogP contribution is 2.12. The molecule has 0 aliphatic carbocycles. The second-order valence-corrected chi connectivity index (χ2v) is 3.53. The Morgan fingerprint density at radius 1 is 1.77 bits per heavy atom. The molecule has 4 heteroatoms. The van der Waals surface area contributed by atoms with E-state index in [1.54, 1.807) is 11.9 Å². The normalized spacial score (nSPS) is 20.6. The molecule has 0 aromatic carbocycles. The van der Waals surface area contributed by atoms with Crippen LogP contribution in [0.2, 0.25) is 0 Å². The molecule has 0 N–H and O–H groups in total. The molecule has 0 spiro atoms. The first-order valence-electron chi connectivity index (χ1n) is 4.18. The van der Waals surface area contributed by atoms with Gasteiger partial charge in [-0.25, -0.2) is 0 Å². The summed E-state index contributed by atoms with van der Waals surface area (Å²) >= 11 is 2.90. The van der Waals surface area contributed by atoms with Crippen LogP contribution >= 0.6 is 15.9 Å². The first kappa shape index (κ1) is 10.6. The fourth-order valence-electron chi connectivity index (χ4n) is 1.33. The van der Waals surface area contributed by atoms with Crippen LogP contribution in [0.4, 0.5) is 0 Å². The zero-order chi connectivity index (χ0) is 9.68. The van der Waals surface area contributed by atoms with Gasteiger partial charge in [0.1, 0.15) is 0 Å². The Labute approximate surface area is 86.6 Å². The van der Waals surface area contributed by atoms with Gasteiger partial charge in [-0.15, -0.1) is 0 Å². The lowest BCUT2D eigenvalue weighted by Crippen LogP contribution is -2.30. The molecule has 3 nitrogen and oxygen atoms in total. The summed E-state index contributed by atoms with van der Waals surface area (Å²) in [5, 5.41) is 0. The van der Waals surface area contributed by atoms with Gasteiger partial charge in [-0.2, -0.15) is 0 Å². The van der Waals surface area contributed by atoms with Gasteiger partial charge in [0.25, 0.3) is 5.91 Å². The number of ether oxygens (including phenoxy) is 1. The van der Waals surface area contributed by atoms with Crippen LogP contribution in [0.1, 0.15) is 6.42 Å². The molecular weight excluding hydrogens is 234 g/mol. The molecule has 1 atom stereocenters. The van der Waals surface area contributed by atoms with Crippen molar-refractivity contribution in [3.05, 3.63) is 0 Å². The third kappa shape index (κ3) is 3.37. The predicted octanol–water partition coefficient (Wildman–Crippen LogP) is 0.837. The van der Waals surface area contributed by atoms with E-state index in [1.165, 1.54) is 0 Å². The number of carbonyl (C=O) groups excluding carboxylic acids is 1. The molecule has 1 fully saturated rings. The highest BCUT2D eigenvalue weighted by molar-refractivity contribution is 9.12. The summed E-state index contributed by atoms with van der Waals surface area (Å²) in [5.41, 5.74) is 0. The summed E-state index contributed by atoms with van der Waals surface area (Å²) in [6, 6.07) is 0. The number of carbonyl (C=O) groups is 1. The van der Waals surface area contributed by atoms with Crippen LogP contribution in [0.5, 0.6) is 0 Å². The fraction of sp³-hybridized carbons (Fsp3) is 0.667. The molecule has 1 aliphatic rings. The highest BCUT2D eigenvalue weighted by atomic mass is 79.9. The Morgan fingerprint density at radius 2 is 2.54 bits per heavy atom. The van der Waals surface area contributed by atoms with E-state index in [4.69, 9.17) is 4.74 Å². The lowest BCUT2D eigenvalue weighted by Gasteiger charge is -2.17. The maximum Gasteiger partial charge on any atom is 0.299 e. The minimum atomic E-state index is -0.149. The van der Waals surface area contributed by atoms with Crippen LogP contribution in [0.3, 0.4) is 0 Å². The highest BCUT2D eigenvalue weighted by Gasteiger charge is 2.18. The van der Waals surface area contributed by atoms with Crippen molar-refractivity contribution in [1.29, 1.82) is 0 Å². The van der Waals surface area contributed by atoms with Crippen LogP contribution in [-0.2, 0) is 9.53 Å². The molecule has 1 amide bonds. The van der Waals surface area contributed by atoms with E-state index in [1.807, 2.05) is 0 Å². The number of nitrogens with zero attached hydrogens (tertiary/aromatic N) is 1. The van der Waals surface area contributed by atoms with Gasteiger partial charge in [0.2, 0.25) is 0 Å². The van der Waals surface area contributed by atoms with Gasteiger partial charge in [-0.05, 0) is 11.3 Å². The lowest BCUT2D eigenvalue weighted by atomic mass is 10.1. The molecule has 1 aliphatic heterocycles. The molecule has 0 aromatic rings. The summed E-state index contributed by atoms with van der Waals surface area (Å²) in [6.07, 6.45) is 1.04. The van der Waals surface area contributed by atoms with Gasteiger partial charge < -0.3 is 9.64 Å². The minimum Gasteiger partial charge on any atom is -0.381 e. The maximum atomic E-state index is 11.2. The van der Waals surface area contributed by atoms with Crippen LogP contribution in [0, 0.1) is 16.7 Å². The second-order valence-electron chi connectivity index (χ2n) is 3.13. The Kier molecular flexibility index (Phi) is 4.26. The third-order valence-corrected chi connectivity index (χ3v) is 2.26. The predicted molar refractivity (Wildman–Crippen MR) is 53.3 cm³/mol. The molecule has 0 aromatic heterocycles.